The predicted octanol–water partition coefficient (Wildman–Crippen LogP) is 4.24. The highest BCUT2D eigenvalue weighted by atomic mass is 16.5. The van der Waals surface area contributed by atoms with Crippen LogP contribution in [0.3, 0.4) is 0 Å². The molecule has 0 spiro atoms. The number of hydrogen-bond acceptors (Lipinski definition) is 9. The van der Waals surface area contributed by atoms with E-state index < -0.39 is 17.9 Å². The number of amides is 2. The zero-order chi connectivity index (χ0) is 33.2. The standard InChI is InChI=1S/C35H34N8O5/c1-22-17-29(34(45)48-16-13-41-11-14-47-15-12-41)43(35(36)46)28(22)19-26-30-31(37-21-38-32(30)40-33(26)44)39-25-7-8-27-24(18-25)9-10-42(27)20-23-5-3-2-4-6-23/h2-10,17-19,21H,11-16,20H2,1H3,(H2,36,46)(H2,37,38,39,40,44). The molecule has 7 rings (SSSR count). The van der Waals surface area contributed by atoms with Crippen molar-refractivity contribution in [3.05, 3.63) is 101 Å². The van der Waals surface area contributed by atoms with E-state index in [1.165, 1.54) is 24.0 Å². The van der Waals surface area contributed by atoms with Crippen molar-refractivity contribution in [2.75, 3.05) is 50.1 Å². The third kappa shape index (κ3) is 6.16. The molecular formula is C35H34N8O5. The lowest BCUT2D eigenvalue weighted by atomic mass is 10.1. The van der Waals surface area contributed by atoms with E-state index in [1.54, 1.807) is 6.92 Å². The Morgan fingerprint density at radius 1 is 1.08 bits per heavy atom. The Bertz CT molecular complexity index is 2060. The van der Waals surface area contributed by atoms with Crippen LogP contribution >= 0.6 is 0 Å². The van der Waals surface area contributed by atoms with Gasteiger partial charge in [0.25, 0.3) is 5.91 Å². The zero-order valence-corrected chi connectivity index (χ0v) is 26.3. The Balaban J connectivity index is 1.16. The van der Waals surface area contributed by atoms with Crippen LogP contribution in [-0.4, -0.2) is 81.4 Å². The molecule has 0 unspecified atom stereocenters. The number of ether oxygens (including phenoxy) is 2. The summed E-state index contributed by atoms with van der Waals surface area (Å²) in [5.41, 5.74) is 10.2. The largest absolute Gasteiger partial charge is 0.460 e. The van der Waals surface area contributed by atoms with Crippen molar-refractivity contribution < 1.29 is 23.9 Å². The van der Waals surface area contributed by atoms with Gasteiger partial charge in [-0.25, -0.2) is 19.6 Å². The molecule has 1 fully saturated rings. The lowest BCUT2D eigenvalue weighted by molar-refractivity contribution is -0.110. The average molecular weight is 647 g/mol. The van der Waals surface area contributed by atoms with Gasteiger partial charge in [-0.3, -0.25) is 14.3 Å². The van der Waals surface area contributed by atoms with Crippen LogP contribution in [0.25, 0.3) is 22.6 Å². The first-order chi connectivity index (χ1) is 23.4. The van der Waals surface area contributed by atoms with Gasteiger partial charge in [0.1, 0.15) is 30.3 Å². The maximum Gasteiger partial charge on any atom is 0.355 e. The second-order valence-electron chi connectivity index (χ2n) is 11.6. The molecule has 13 heteroatoms. The monoisotopic (exact) mass is 646 g/mol. The van der Waals surface area contributed by atoms with E-state index in [0.29, 0.717) is 42.5 Å². The van der Waals surface area contributed by atoms with Gasteiger partial charge in [0.15, 0.2) is 0 Å². The number of fused-ring (bicyclic) bond motifs is 2. The number of carbonyl (C=O) groups excluding carboxylic acids is 3. The van der Waals surface area contributed by atoms with Gasteiger partial charge < -0.3 is 30.4 Å². The van der Waals surface area contributed by atoms with Crippen LogP contribution in [0.15, 0.2) is 73.2 Å². The lowest BCUT2D eigenvalue weighted by Gasteiger charge is -2.26. The summed E-state index contributed by atoms with van der Waals surface area (Å²) in [6, 6.07) is 18.9. The van der Waals surface area contributed by atoms with Crippen LogP contribution < -0.4 is 16.4 Å². The van der Waals surface area contributed by atoms with Gasteiger partial charge in [-0.2, -0.15) is 0 Å². The maximum absolute atomic E-state index is 13.3. The molecule has 5 aromatic rings. The number of carbonyl (C=O) groups is 3. The Labute approximate surface area is 276 Å². The van der Waals surface area contributed by atoms with Gasteiger partial charge in [-0.15, -0.1) is 0 Å². The maximum atomic E-state index is 13.3. The van der Waals surface area contributed by atoms with E-state index >= 15 is 0 Å². The normalized spacial score (nSPS) is 15.4. The first kappa shape index (κ1) is 30.8. The number of esters is 1. The molecule has 5 heterocycles. The molecule has 0 atom stereocenters. The average Bonchev–Trinajstić information content (AvgIpc) is 3.75. The van der Waals surface area contributed by atoms with Crippen molar-refractivity contribution in [1.82, 2.24) is 24.0 Å². The fraction of sp³-hybridized carbons (Fsp3) is 0.229. The fourth-order valence-corrected chi connectivity index (χ4v) is 6.11. The van der Waals surface area contributed by atoms with Crippen molar-refractivity contribution in [1.29, 1.82) is 0 Å². The van der Waals surface area contributed by atoms with Crippen molar-refractivity contribution in [3.63, 3.8) is 0 Å². The van der Waals surface area contributed by atoms with Crippen molar-refractivity contribution >= 4 is 57.8 Å². The minimum atomic E-state index is -0.885. The number of aromatic nitrogens is 4. The van der Waals surface area contributed by atoms with E-state index in [9.17, 15) is 14.4 Å². The van der Waals surface area contributed by atoms with Crippen LogP contribution in [0.1, 0.15) is 32.9 Å². The summed E-state index contributed by atoms with van der Waals surface area (Å²) in [4.78, 5) is 49.9. The minimum Gasteiger partial charge on any atom is -0.460 e. The molecular weight excluding hydrogens is 612 g/mol. The Morgan fingerprint density at radius 2 is 1.90 bits per heavy atom. The second kappa shape index (κ2) is 13.1. The predicted molar refractivity (Wildman–Crippen MR) is 181 cm³/mol. The summed E-state index contributed by atoms with van der Waals surface area (Å²) in [6.07, 6.45) is 4.94. The Morgan fingerprint density at radius 3 is 2.69 bits per heavy atom. The molecule has 2 aliphatic heterocycles. The van der Waals surface area contributed by atoms with Gasteiger partial charge >= 0.3 is 12.0 Å². The van der Waals surface area contributed by atoms with E-state index in [-0.39, 0.29) is 23.6 Å². The third-order valence-electron chi connectivity index (χ3n) is 8.52. The summed E-state index contributed by atoms with van der Waals surface area (Å²) in [5, 5.41) is 7.15. The quantitative estimate of drug-likeness (QED) is 0.157. The Kier molecular flexibility index (Phi) is 8.44. The number of hydrogen-bond donors (Lipinski definition) is 3. The van der Waals surface area contributed by atoms with E-state index in [0.717, 1.165) is 40.8 Å². The van der Waals surface area contributed by atoms with Gasteiger partial charge in [0.2, 0.25) is 0 Å². The highest BCUT2D eigenvalue weighted by Gasteiger charge is 2.31. The van der Waals surface area contributed by atoms with Gasteiger partial charge in [0.05, 0.1) is 30.0 Å². The number of rotatable bonds is 9. The molecule has 2 aliphatic rings. The number of morpholine rings is 1. The fourth-order valence-electron chi connectivity index (χ4n) is 6.11. The summed E-state index contributed by atoms with van der Waals surface area (Å²) in [6.45, 7) is 5.94. The van der Waals surface area contributed by atoms with Gasteiger partial charge in [0, 0.05) is 49.0 Å². The zero-order valence-electron chi connectivity index (χ0n) is 26.3. The van der Waals surface area contributed by atoms with Gasteiger partial charge in [-0.1, -0.05) is 30.3 Å². The Hall–Kier alpha value is -5.79. The van der Waals surface area contributed by atoms with Crippen LogP contribution in [0.5, 0.6) is 0 Å². The molecule has 13 nitrogen and oxygen atoms in total. The van der Waals surface area contributed by atoms with Crippen molar-refractivity contribution in [2.45, 2.75) is 13.5 Å². The van der Waals surface area contributed by atoms with E-state index in [1.807, 2.05) is 36.4 Å². The SMILES string of the molecule is Cc1cc(C(=O)OCCN2CCOCC2)n(C(N)=O)c1C=C1C(=O)Nc2ncnc(Nc3ccc4c(ccn4Cc4ccccc4)c3)c21. The summed E-state index contributed by atoms with van der Waals surface area (Å²) in [5.74, 6) is -0.417. The first-order valence-electron chi connectivity index (χ1n) is 15.6. The molecule has 1 saturated heterocycles. The highest BCUT2D eigenvalue weighted by Crippen LogP contribution is 2.38. The summed E-state index contributed by atoms with van der Waals surface area (Å²) < 4.78 is 14.1. The van der Waals surface area contributed by atoms with Gasteiger partial charge in [-0.05, 0) is 54.5 Å². The molecule has 0 radical (unpaired) electrons. The molecule has 4 N–H and O–H groups in total. The molecule has 3 aromatic heterocycles. The number of primary amides is 1. The van der Waals surface area contributed by atoms with E-state index in [4.69, 9.17) is 15.2 Å². The van der Waals surface area contributed by atoms with Crippen molar-refractivity contribution in [2.24, 2.45) is 5.73 Å². The number of anilines is 3. The highest BCUT2D eigenvalue weighted by molar-refractivity contribution is 6.35. The third-order valence-corrected chi connectivity index (χ3v) is 8.52. The molecule has 2 aromatic carbocycles. The molecule has 244 valence electrons. The van der Waals surface area contributed by atoms with Crippen molar-refractivity contribution in [3.8, 4) is 0 Å². The summed E-state index contributed by atoms with van der Waals surface area (Å²) in [7, 11) is 0. The first-order valence-corrected chi connectivity index (χ1v) is 15.6. The minimum absolute atomic E-state index is 0.0254. The van der Waals surface area contributed by atoms with Crippen LogP contribution in [0.4, 0.5) is 22.1 Å². The van der Waals surface area contributed by atoms with Crippen LogP contribution in [-0.2, 0) is 20.8 Å². The smallest absolute Gasteiger partial charge is 0.355 e. The summed E-state index contributed by atoms with van der Waals surface area (Å²) >= 11 is 0. The molecule has 0 aliphatic carbocycles. The number of nitrogens with zero attached hydrogens (tertiary/aromatic N) is 5. The van der Waals surface area contributed by atoms with E-state index in [2.05, 4.69) is 54.5 Å². The number of benzene rings is 2. The number of nitrogens with two attached hydrogens (primary N) is 1. The van der Waals surface area contributed by atoms with Crippen LogP contribution in [0.2, 0.25) is 0 Å². The topological polar surface area (TPSA) is 159 Å². The lowest BCUT2D eigenvalue weighted by Crippen LogP contribution is -2.38. The number of aryl methyl sites for hydroxylation is 1. The molecule has 0 bridgehead atoms. The molecule has 48 heavy (non-hydrogen) atoms. The van der Waals surface area contributed by atoms with Crippen LogP contribution in [0, 0.1) is 6.92 Å². The molecule has 2 amide bonds. The number of nitrogens with one attached hydrogen (secondary N) is 2. The molecule has 0 saturated carbocycles. The second-order valence-corrected chi connectivity index (χ2v) is 11.6.